The third-order valence-corrected chi connectivity index (χ3v) is 4.78. The van der Waals surface area contributed by atoms with Crippen LogP contribution in [0.25, 0.3) is 0 Å². The molecule has 1 aromatic carbocycles. The molecule has 1 aliphatic heterocycles. The molecule has 0 spiro atoms. The first-order valence-corrected chi connectivity index (χ1v) is 7.88. The van der Waals surface area contributed by atoms with Crippen LogP contribution in [0.1, 0.15) is 35.3 Å². The van der Waals surface area contributed by atoms with Gasteiger partial charge >= 0.3 is 0 Å². The van der Waals surface area contributed by atoms with Crippen LogP contribution in [0.15, 0.2) is 18.2 Å². The number of benzene rings is 1. The van der Waals surface area contributed by atoms with Crippen LogP contribution in [0, 0.1) is 13.8 Å². The Morgan fingerprint density at radius 2 is 1.89 bits per heavy atom. The Kier molecular flexibility index (Phi) is 4.69. The van der Waals surface area contributed by atoms with Crippen molar-refractivity contribution in [2.45, 2.75) is 38.2 Å². The smallest absolute Gasteiger partial charge is 0.177 e. The zero-order valence-electron chi connectivity index (χ0n) is 12.3. The van der Waals surface area contributed by atoms with Gasteiger partial charge in [0.05, 0.1) is 6.54 Å². The molecule has 0 bridgehead atoms. The van der Waals surface area contributed by atoms with Crippen molar-refractivity contribution < 1.29 is 4.79 Å². The molecular weight excluding hydrogens is 254 g/mol. The van der Waals surface area contributed by atoms with E-state index in [1.54, 1.807) is 0 Å². The average molecular weight is 277 g/mol. The molecule has 1 heterocycles. The normalized spacial score (nSPS) is 24.4. The molecule has 3 heteroatoms. The van der Waals surface area contributed by atoms with E-state index in [9.17, 15) is 4.79 Å². The van der Waals surface area contributed by atoms with E-state index >= 15 is 0 Å². The van der Waals surface area contributed by atoms with E-state index < -0.39 is 0 Å². The number of carbonyl (C=O) groups excluding carboxylic acids is 1. The van der Waals surface area contributed by atoms with Gasteiger partial charge in [0.2, 0.25) is 0 Å². The zero-order chi connectivity index (χ0) is 14.0. The maximum absolute atomic E-state index is 12.5. The van der Waals surface area contributed by atoms with E-state index in [0.29, 0.717) is 17.0 Å². The van der Waals surface area contributed by atoms with E-state index in [1.165, 1.54) is 0 Å². The lowest BCUT2D eigenvalue weighted by Crippen LogP contribution is -2.43. The fourth-order valence-electron chi connectivity index (χ4n) is 2.74. The highest BCUT2D eigenvalue weighted by molar-refractivity contribution is 8.00. The summed E-state index contributed by atoms with van der Waals surface area (Å²) in [6, 6.07) is 6.12. The number of rotatable bonds is 3. The summed E-state index contributed by atoms with van der Waals surface area (Å²) < 4.78 is 0. The van der Waals surface area contributed by atoms with Gasteiger partial charge < -0.3 is 0 Å². The molecular formula is C16H23NOS. The number of carbonyl (C=O) groups is 1. The molecule has 1 aromatic rings. The molecule has 2 nitrogen and oxygen atoms in total. The van der Waals surface area contributed by atoms with Crippen LogP contribution in [-0.2, 0) is 0 Å². The van der Waals surface area contributed by atoms with Gasteiger partial charge in [-0.15, -0.1) is 0 Å². The molecule has 1 aliphatic rings. The number of hydrogen-bond acceptors (Lipinski definition) is 3. The van der Waals surface area contributed by atoms with Crippen molar-refractivity contribution in [3.8, 4) is 0 Å². The fourth-order valence-corrected chi connectivity index (χ4v) is 4.12. The van der Waals surface area contributed by atoms with Gasteiger partial charge in [-0.3, -0.25) is 9.69 Å². The van der Waals surface area contributed by atoms with Gasteiger partial charge in [-0.25, -0.2) is 0 Å². The predicted octanol–water partition coefficient (Wildman–Crippen LogP) is 3.31. The van der Waals surface area contributed by atoms with E-state index in [2.05, 4.69) is 24.8 Å². The van der Waals surface area contributed by atoms with Crippen molar-refractivity contribution in [1.82, 2.24) is 4.90 Å². The van der Waals surface area contributed by atoms with Crippen LogP contribution in [0.2, 0.25) is 0 Å². The quantitative estimate of drug-likeness (QED) is 0.791. The number of hydrogen-bond donors (Lipinski definition) is 0. The molecule has 0 radical (unpaired) electrons. The molecule has 0 saturated carbocycles. The molecule has 19 heavy (non-hydrogen) atoms. The lowest BCUT2D eigenvalue weighted by molar-refractivity contribution is 0.0929. The number of aryl methyl sites for hydroxylation is 2. The Bertz CT molecular complexity index is 462. The molecule has 2 unspecified atom stereocenters. The standard InChI is InChI=1S/C16H23NOS/c1-11-5-6-12(2)15(7-11)16(18)10-17-8-13(3)19-14(4)9-17/h5-7,13-14H,8-10H2,1-4H3. The molecule has 2 rings (SSSR count). The lowest BCUT2D eigenvalue weighted by Gasteiger charge is -2.34. The fraction of sp³-hybridized carbons (Fsp3) is 0.562. The first kappa shape index (κ1) is 14.6. The maximum Gasteiger partial charge on any atom is 0.177 e. The van der Waals surface area contributed by atoms with Crippen LogP contribution in [-0.4, -0.2) is 40.8 Å². The van der Waals surface area contributed by atoms with Crippen LogP contribution < -0.4 is 0 Å². The summed E-state index contributed by atoms with van der Waals surface area (Å²) in [7, 11) is 0. The van der Waals surface area contributed by atoms with Crippen molar-refractivity contribution in [3.63, 3.8) is 0 Å². The van der Waals surface area contributed by atoms with Gasteiger partial charge in [0.1, 0.15) is 0 Å². The molecule has 1 fully saturated rings. The minimum Gasteiger partial charge on any atom is -0.294 e. The van der Waals surface area contributed by atoms with E-state index in [0.717, 1.165) is 29.8 Å². The van der Waals surface area contributed by atoms with Crippen LogP contribution in [0.4, 0.5) is 0 Å². The second-order valence-electron chi connectivity index (χ2n) is 5.69. The lowest BCUT2D eigenvalue weighted by atomic mass is 10.0. The third kappa shape index (κ3) is 3.83. The van der Waals surface area contributed by atoms with Crippen molar-refractivity contribution >= 4 is 17.5 Å². The second kappa shape index (κ2) is 6.10. The van der Waals surface area contributed by atoms with E-state index in [4.69, 9.17) is 0 Å². The predicted molar refractivity (Wildman–Crippen MR) is 83.2 cm³/mol. The first-order chi connectivity index (χ1) is 8.95. The van der Waals surface area contributed by atoms with Crippen molar-refractivity contribution in [2.24, 2.45) is 0 Å². The van der Waals surface area contributed by atoms with Crippen molar-refractivity contribution in [2.75, 3.05) is 19.6 Å². The first-order valence-electron chi connectivity index (χ1n) is 6.94. The largest absolute Gasteiger partial charge is 0.294 e. The number of ketones is 1. The molecule has 0 aliphatic carbocycles. The summed E-state index contributed by atoms with van der Waals surface area (Å²) in [5, 5.41) is 1.24. The third-order valence-electron chi connectivity index (χ3n) is 3.56. The van der Waals surface area contributed by atoms with Crippen molar-refractivity contribution in [3.05, 3.63) is 34.9 Å². The number of nitrogens with zero attached hydrogens (tertiary/aromatic N) is 1. The summed E-state index contributed by atoms with van der Waals surface area (Å²) >= 11 is 2.02. The zero-order valence-corrected chi connectivity index (χ0v) is 13.1. The summed E-state index contributed by atoms with van der Waals surface area (Å²) in [5.74, 6) is 0.257. The topological polar surface area (TPSA) is 20.3 Å². The van der Waals surface area contributed by atoms with Crippen LogP contribution in [0.5, 0.6) is 0 Å². The average Bonchev–Trinajstić information content (AvgIpc) is 2.30. The van der Waals surface area contributed by atoms with Gasteiger partial charge in [-0.1, -0.05) is 31.5 Å². The van der Waals surface area contributed by atoms with Gasteiger partial charge in [-0.05, 0) is 25.5 Å². The molecule has 0 amide bonds. The summed E-state index contributed by atoms with van der Waals surface area (Å²) in [6.07, 6.45) is 0. The second-order valence-corrected chi connectivity index (χ2v) is 7.57. The Morgan fingerprint density at radius 1 is 1.26 bits per heavy atom. The van der Waals surface area contributed by atoms with Gasteiger partial charge in [0.15, 0.2) is 5.78 Å². The Labute approximate surface area is 120 Å². The van der Waals surface area contributed by atoms with Gasteiger partial charge in [0, 0.05) is 29.2 Å². The summed E-state index contributed by atoms with van der Waals surface area (Å²) in [4.78, 5) is 14.8. The van der Waals surface area contributed by atoms with Crippen LogP contribution >= 0.6 is 11.8 Å². The number of thioether (sulfide) groups is 1. The highest BCUT2D eigenvalue weighted by Crippen LogP contribution is 2.24. The minimum absolute atomic E-state index is 0.257. The summed E-state index contributed by atoms with van der Waals surface area (Å²) in [5.41, 5.74) is 3.13. The highest BCUT2D eigenvalue weighted by atomic mass is 32.2. The van der Waals surface area contributed by atoms with E-state index in [-0.39, 0.29) is 5.78 Å². The molecule has 2 atom stereocenters. The molecule has 0 N–H and O–H groups in total. The monoisotopic (exact) mass is 277 g/mol. The van der Waals surface area contributed by atoms with Crippen LogP contribution in [0.3, 0.4) is 0 Å². The highest BCUT2D eigenvalue weighted by Gasteiger charge is 2.24. The van der Waals surface area contributed by atoms with E-state index in [1.807, 2.05) is 37.7 Å². The molecule has 104 valence electrons. The Morgan fingerprint density at radius 3 is 2.53 bits per heavy atom. The SMILES string of the molecule is Cc1ccc(C)c(C(=O)CN2CC(C)SC(C)C2)c1. The number of Topliss-reactive ketones (excluding diaryl/α,β-unsaturated/α-hetero) is 1. The van der Waals surface area contributed by atoms with Gasteiger partial charge in [-0.2, -0.15) is 11.8 Å². The molecule has 1 saturated heterocycles. The van der Waals surface area contributed by atoms with Crippen molar-refractivity contribution in [1.29, 1.82) is 0 Å². The summed E-state index contributed by atoms with van der Waals surface area (Å²) in [6.45, 7) is 11.1. The van der Waals surface area contributed by atoms with Gasteiger partial charge in [0.25, 0.3) is 0 Å². The molecule has 0 aromatic heterocycles. The minimum atomic E-state index is 0.257. The Balaban J connectivity index is 2.06. The maximum atomic E-state index is 12.5. The Hall–Kier alpha value is -0.800.